The van der Waals surface area contributed by atoms with Crippen LogP contribution in [-0.4, -0.2) is 50.2 Å². The largest absolute Gasteiger partial charge is 0.468 e. The van der Waals surface area contributed by atoms with Crippen LogP contribution in [0.5, 0.6) is 0 Å². The average molecular weight is 244 g/mol. The first kappa shape index (κ1) is 16.4. The number of carbonyl (C=O) groups excluding carboxylic acids is 1. The van der Waals surface area contributed by atoms with Crippen molar-refractivity contribution in [1.82, 2.24) is 10.2 Å². The van der Waals surface area contributed by atoms with Gasteiger partial charge in [0.25, 0.3) is 0 Å². The summed E-state index contributed by atoms with van der Waals surface area (Å²) in [6.45, 7) is 7.17. The Morgan fingerprint density at radius 2 is 1.94 bits per heavy atom. The normalized spacial score (nSPS) is 15.1. The van der Waals surface area contributed by atoms with Gasteiger partial charge in [-0.05, 0) is 40.3 Å². The predicted molar refractivity (Wildman–Crippen MR) is 71.1 cm³/mol. The van der Waals surface area contributed by atoms with Gasteiger partial charge in [-0.15, -0.1) is 0 Å². The Morgan fingerprint density at radius 1 is 1.41 bits per heavy atom. The van der Waals surface area contributed by atoms with Crippen molar-refractivity contribution >= 4 is 5.97 Å². The number of ether oxygens (including phenoxy) is 1. The summed E-state index contributed by atoms with van der Waals surface area (Å²) in [5.74, 6) is -0.196. The van der Waals surface area contributed by atoms with Crippen molar-refractivity contribution in [3.05, 3.63) is 0 Å². The Morgan fingerprint density at radius 3 is 2.29 bits per heavy atom. The zero-order valence-corrected chi connectivity index (χ0v) is 12.2. The molecule has 1 N–H and O–H groups in total. The molecule has 17 heavy (non-hydrogen) atoms. The second-order valence-corrected chi connectivity index (χ2v) is 4.77. The van der Waals surface area contributed by atoms with Crippen molar-refractivity contribution in [2.75, 3.05) is 27.7 Å². The number of nitrogens with zero attached hydrogens (tertiary/aromatic N) is 1. The van der Waals surface area contributed by atoms with Crippen molar-refractivity contribution < 1.29 is 9.53 Å². The van der Waals surface area contributed by atoms with E-state index in [9.17, 15) is 4.79 Å². The van der Waals surface area contributed by atoms with Crippen LogP contribution >= 0.6 is 0 Å². The highest BCUT2D eigenvalue weighted by Crippen LogP contribution is 2.14. The second-order valence-electron chi connectivity index (χ2n) is 4.77. The van der Waals surface area contributed by atoms with Gasteiger partial charge >= 0.3 is 5.97 Å². The monoisotopic (exact) mass is 244 g/mol. The summed E-state index contributed by atoms with van der Waals surface area (Å²) in [6, 6.07) is 0.591. The summed E-state index contributed by atoms with van der Waals surface area (Å²) in [7, 11) is 5.35. The maximum Gasteiger partial charge on any atom is 0.325 e. The number of hydrogen-bond acceptors (Lipinski definition) is 4. The third-order valence-electron chi connectivity index (χ3n) is 3.72. The average Bonchev–Trinajstić information content (AvgIpc) is 2.36. The number of methoxy groups -OCH3 is 1. The number of esters is 1. The minimum Gasteiger partial charge on any atom is -0.468 e. The van der Waals surface area contributed by atoms with Crippen molar-refractivity contribution in [1.29, 1.82) is 0 Å². The Kier molecular flexibility index (Phi) is 7.39. The molecule has 0 aliphatic carbocycles. The van der Waals surface area contributed by atoms with Gasteiger partial charge in [0.1, 0.15) is 5.54 Å². The first-order valence-electron chi connectivity index (χ1n) is 6.42. The molecule has 0 amide bonds. The molecule has 0 spiro atoms. The fourth-order valence-electron chi connectivity index (χ4n) is 2.05. The van der Waals surface area contributed by atoms with E-state index in [1.54, 1.807) is 7.05 Å². The van der Waals surface area contributed by atoms with Crippen LogP contribution in [0.1, 0.15) is 40.0 Å². The Hall–Kier alpha value is -0.610. The lowest BCUT2D eigenvalue weighted by Gasteiger charge is -2.31. The first-order valence-corrected chi connectivity index (χ1v) is 6.42. The van der Waals surface area contributed by atoms with E-state index in [-0.39, 0.29) is 5.97 Å². The highest BCUT2D eigenvalue weighted by Gasteiger charge is 2.32. The molecule has 1 unspecified atom stereocenters. The Bertz CT molecular complexity index is 229. The van der Waals surface area contributed by atoms with Crippen LogP contribution in [0.2, 0.25) is 0 Å². The van der Waals surface area contributed by atoms with Crippen LogP contribution in [0.4, 0.5) is 0 Å². The smallest absolute Gasteiger partial charge is 0.325 e. The minimum atomic E-state index is -0.588. The molecule has 0 rings (SSSR count). The van der Waals surface area contributed by atoms with Crippen molar-refractivity contribution in [2.24, 2.45) is 0 Å². The lowest BCUT2D eigenvalue weighted by atomic mass is 9.97. The zero-order valence-electron chi connectivity index (χ0n) is 12.2. The minimum absolute atomic E-state index is 0.196. The summed E-state index contributed by atoms with van der Waals surface area (Å²) in [4.78, 5) is 14.0. The first-order chi connectivity index (χ1) is 7.95. The summed E-state index contributed by atoms with van der Waals surface area (Å²) >= 11 is 0. The predicted octanol–water partition coefficient (Wildman–Crippen LogP) is 1.65. The van der Waals surface area contributed by atoms with Crippen LogP contribution in [0.15, 0.2) is 0 Å². The third-order valence-corrected chi connectivity index (χ3v) is 3.72. The quantitative estimate of drug-likeness (QED) is 0.659. The fraction of sp³-hybridized carbons (Fsp3) is 0.923. The van der Waals surface area contributed by atoms with E-state index in [2.05, 4.69) is 31.1 Å². The van der Waals surface area contributed by atoms with Gasteiger partial charge in [-0.2, -0.15) is 0 Å². The number of carbonyl (C=O) groups is 1. The third kappa shape index (κ3) is 4.64. The molecule has 4 nitrogen and oxygen atoms in total. The van der Waals surface area contributed by atoms with E-state index in [1.165, 1.54) is 7.11 Å². The zero-order chi connectivity index (χ0) is 13.5. The summed E-state index contributed by atoms with van der Waals surface area (Å²) in [5.41, 5.74) is -0.588. The molecule has 0 fully saturated rings. The van der Waals surface area contributed by atoms with Gasteiger partial charge in [0.05, 0.1) is 7.11 Å². The summed E-state index contributed by atoms with van der Waals surface area (Å²) in [5, 5.41) is 3.06. The highest BCUT2D eigenvalue weighted by molar-refractivity contribution is 5.80. The molecular formula is C13H28N2O2. The Balaban J connectivity index is 4.37. The molecule has 0 aromatic carbocycles. The van der Waals surface area contributed by atoms with E-state index >= 15 is 0 Å². The van der Waals surface area contributed by atoms with Gasteiger partial charge < -0.3 is 15.0 Å². The Labute approximate surface area is 106 Å². The molecule has 0 aromatic rings. The maximum absolute atomic E-state index is 11.7. The maximum atomic E-state index is 11.7. The number of nitrogens with one attached hydrogen (secondary N) is 1. The molecule has 0 saturated heterocycles. The molecular weight excluding hydrogens is 216 g/mol. The van der Waals surface area contributed by atoms with E-state index in [0.29, 0.717) is 6.04 Å². The van der Waals surface area contributed by atoms with Crippen molar-refractivity contribution in [2.45, 2.75) is 51.6 Å². The van der Waals surface area contributed by atoms with E-state index in [4.69, 9.17) is 4.74 Å². The van der Waals surface area contributed by atoms with Crippen LogP contribution in [0, 0.1) is 0 Å². The molecule has 0 aliphatic rings. The molecule has 0 aromatic heterocycles. The molecule has 4 heteroatoms. The summed E-state index contributed by atoms with van der Waals surface area (Å²) in [6.07, 6.45) is 3.03. The molecule has 1 atom stereocenters. The molecule has 0 saturated carbocycles. The number of rotatable bonds is 8. The van der Waals surface area contributed by atoms with Gasteiger partial charge in [-0.3, -0.25) is 4.79 Å². The van der Waals surface area contributed by atoms with Gasteiger partial charge in [0.2, 0.25) is 0 Å². The van der Waals surface area contributed by atoms with Crippen molar-refractivity contribution in [3.8, 4) is 0 Å². The van der Waals surface area contributed by atoms with Gasteiger partial charge in [-0.25, -0.2) is 0 Å². The topological polar surface area (TPSA) is 41.6 Å². The second kappa shape index (κ2) is 7.67. The highest BCUT2D eigenvalue weighted by atomic mass is 16.5. The fourth-order valence-corrected chi connectivity index (χ4v) is 2.05. The SMILES string of the molecule is CCC(CC)N(C)CCC(C)(NC)C(=O)OC. The molecule has 102 valence electrons. The molecule has 0 radical (unpaired) electrons. The number of hydrogen-bond donors (Lipinski definition) is 1. The van der Waals surface area contributed by atoms with E-state index in [1.807, 2.05) is 6.92 Å². The van der Waals surface area contributed by atoms with Crippen molar-refractivity contribution in [3.63, 3.8) is 0 Å². The molecule has 0 heterocycles. The van der Waals surface area contributed by atoms with Crippen LogP contribution in [-0.2, 0) is 9.53 Å². The van der Waals surface area contributed by atoms with Crippen LogP contribution < -0.4 is 5.32 Å². The van der Waals surface area contributed by atoms with Crippen LogP contribution in [0.3, 0.4) is 0 Å². The van der Waals surface area contributed by atoms with E-state index in [0.717, 1.165) is 25.8 Å². The van der Waals surface area contributed by atoms with E-state index < -0.39 is 5.54 Å². The standard InChI is InChI=1S/C13H28N2O2/c1-7-11(8-2)15(5)10-9-13(3,14-4)12(16)17-6/h11,14H,7-10H2,1-6H3. The lowest BCUT2D eigenvalue weighted by molar-refractivity contribution is -0.148. The van der Waals surface area contributed by atoms with Crippen LogP contribution in [0.25, 0.3) is 0 Å². The van der Waals surface area contributed by atoms with Gasteiger partial charge in [-0.1, -0.05) is 13.8 Å². The molecule has 0 aliphatic heterocycles. The lowest BCUT2D eigenvalue weighted by Crippen LogP contribution is -2.50. The number of likely N-dealkylation sites (N-methyl/N-ethyl adjacent to an activating group) is 1. The van der Waals surface area contributed by atoms with Gasteiger partial charge in [0.15, 0.2) is 0 Å². The molecule has 0 bridgehead atoms. The van der Waals surface area contributed by atoms with Gasteiger partial charge in [0, 0.05) is 12.6 Å². The summed E-state index contributed by atoms with van der Waals surface area (Å²) < 4.78 is 4.83.